The molecule has 2 heterocycles. The van der Waals surface area contributed by atoms with Gasteiger partial charge < -0.3 is 14.5 Å². The summed E-state index contributed by atoms with van der Waals surface area (Å²) in [6.45, 7) is 5.21. The largest absolute Gasteiger partial charge is 0.497 e. The standard InChI is InChI=1S/C22H28N4O4/c1-4-23-21(27)14-25(5-2)15-22(28)26-19(20-7-6-12-30-20)13-18(24-26)16-8-10-17(29-3)11-9-16/h6-12,19H,4-5,13-15H2,1-3H3,(H,23,27)/t19-/m0/s1. The number of carbonyl (C=O) groups is 2. The van der Waals surface area contributed by atoms with Gasteiger partial charge in [-0.2, -0.15) is 5.10 Å². The Morgan fingerprint density at radius 3 is 2.60 bits per heavy atom. The van der Waals surface area contributed by atoms with E-state index in [0.29, 0.717) is 25.3 Å². The van der Waals surface area contributed by atoms with Crippen molar-refractivity contribution in [3.05, 3.63) is 54.0 Å². The lowest BCUT2D eigenvalue weighted by Crippen LogP contribution is -2.43. The quantitative estimate of drug-likeness (QED) is 0.684. The van der Waals surface area contributed by atoms with Crippen LogP contribution in [0.5, 0.6) is 5.75 Å². The van der Waals surface area contributed by atoms with Gasteiger partial charge in [-0.15, -0.1) is 0 Å². The van der Waals surface area contributed by atoms with E-state index in [1.807, 2.05) is 44.2 Å². The van der Waals surface area contributed by atoms with Crippen LogP contribution in [0.4, 0.5) is 0 Å². The van der Waals surface area contributed by atoms with E-state index in [2.05, 4.69) is 10.4 Å². The number of ether oxygens (including phenoxy) is 1. The molecule has 0 bridgehead atoms. The van der Waals surface area contributed by atoms with Gasteiger partial charge in [0.2, 0.25) is 5.91 Å². The minimum absolute atomic E-state index is 0.0985. The predicted molar refractivity (Wildman–Crippen MR) is 113 cm³/mol. The third-order valence-electron chi connectivity index (χ3n) is 5.01. The van der Waals surface area contributed by atoms with Crippen molar-refractivity contribution in [1.82, 2.24) is 15.2 Å². The highest BCUT2D eigenvalue weighted by Crippen LogP contribution is 2.33. The number of hydrogen-bond acceptors (Lipinski definition) is 6. The van der Waals surface area contributed by atoms with Crippen molar-refractivity contribution in [3.8, 4) is 5.75 Å². The van der Waals surface area contributed by atoms with E-state index in [1.165, 1.54) is 5.01 Å². The van der Waals surface area contributed by atoms with Gasteiger partial charge >= 0.3 is 0 Å². The summed E-state index contributed by atoms with van der Waals surface area (Å²) in [5.41, 5.74) is 1.73. The molecular weight excluding hydrogens is 384 g/mol. The van der Waals surface area contributed by atoms with Crippen molar-refractivity contribution < 1.29 is 18.7 Å². The zero-order valence-corrected chi connectivity index (χ0v) is 17.6. The first kappa shape index (κ1) is 21.6. The minimum atomic E-state index is -0.312. The SMILES string of the molecule is CCNC(=O)CN(CC)CC(=O)N1N=C(c2ccc(OC)cc2)C[C@H]1c1ccco1. The molecule has 160 valence electrons. The van der Waals surface area contributed by atoms with Crippen LogP contribution in [0, 0.1) is 0 Å². The topological polar surface area (TPSA) is 87.4 Å². The van der Waals surface area contributed by atoms with Crippen LogP contribution >= 0.6 is 0 Å². The lowest BCUT2D eigenvalue weighted by Gasteiger charge is -2.24. The van der Waals surface area contributed by atoms with E-state index in [0.717, 1.165) is 17.0 Å². The molecule has 0 fully saturated rings. The van der Waals surface area contributed by atoms with Gasteiger partial charge in [-0.1, -0.05) is 6.92 Å². The maximum absolute atomic E-state index is 13.1. The van der Waals surface area contributed by atoms with E-state index in [4.69, 9.17) is 9.15 Å². The molecule has 2 aromatic rings. The Balaban J connectivity index is 1.79. The third kappa shape index (κ3) is 5.07. The fourth-order valence-corrected chi connectivity index (χ4v) is 3.40. The number of furan rings is 1. The zero-order valence-electron chi connectivity index (χ0n) is 17.6. The summed E-state index contributed by atoms with van der Waals surface area (Å²) in [4.78, 5) is 26.8. The van der Waals surface area contributed by atoms with E-state index < -0.39 is 0 Å². The van der Waals surface area contributed by atoms with Crippen LogP contribution in [-0.4, -0.2) is 60.7 Å². The molecule has 1 N–H and O–H groups in total. The van der Waals surface area contributed by atoms with Gasteiger partial charge in [0, 0.05) is 13.0 Å². The van der Waals surface area contributed by atoms with Crippen LogP contribution in [0.1, 0.15) is 37.6 Å². The first-order valence-corrected chi connectivity index (χ1v) is 10.1. The van der Waals surface area contributed by atoms with Crippen molar-refractivity contribution >= 4 is 17.5 Å². The molecule has 0 radical (unpaired) electrons. The van der Waals surface area contributed by atoms with E-state index in [9.17, 15) is 9.59 Å². The van der Waals surface area contributed by atoms with Crippen LogP contribution in [0.25, 0.3) is 0 Å². The Morgan fingerprint density at radius 2 is 2.00 bits per heavy atom. The Morgan fingerprint density at radius 1 is 1.23 bits per heavy atom. The number of nitrogens with zero attached hydrogens (tertiary/aromatic N) is 3. The Kier molecular flexibility index (Phi) is 7.24. The summed E-state index contributed by atoms with van der Waals surface area (Å²) >= 11 is 0. The molecule has 0 spiro atoms. The number of likely N-dealkylation sites (N-methyl/N-ethyl adjacent to an activating group) is 2. The summed E-state index contributed by atoms with van der Waals surface area (Å²) < 4.78 is 10.8. The highest BCUT2D eigenvalue weighted by atomic mass is 16.5. The number of carbonyl (C=O) groups excluding carboxylic acids is 2. The van der Waals surface area contributed by atoms with Crippen molar-refractivity contribution in [2.75, 3.05) is 33.3 Å². The summed E-state index contributed by atoms with van der Waals surface area (Å²) in [6.07, 6.45) is 2.14. The van der Waals surface area contributed by atoms with Gasteiger partial charge in [0.1, 0.15) is 17.6 Å². The predicted octanol–water partition coefficient (Wildman–Crippen LogP) is 2.42. The molecule has 0 saturated heterocycles. The molecular formula is C22H28N4O4. The van der Waals surface area contributed by atoms with Gasteiger partial charge in [0.25, 0.3) is 5.91 Å². The van der Waals surface area contributed by atoms with Gasteiger partial charge in [0.05, 0.1) is 32.2 Å². The lowest BCUT2D eigenvalue weighted by molar-refractivity contribution is -0.135. The Labute approximate surface area is 176 Å². The number of hydrogen-bond donors (Lipinski definition) is 1. The molecule has 0 aliphatic carbocycles. The van der Waals surface area contributed by atoms with Gasteiger partial charge in [-0.05, 0) is 55.4 Å². The average Bonchev–Trinajstić information content (AvgIpc) is 3.43. The molecule has 8 heteroatoms. The van der Waals surface area contributed by atoms with Crippen LogP contribution in [0.2, 0.25) is 0 Å². The van der Waals surface area contributed by atoms with Crippen molar-refractivity contribution in [2.24, 2.45) is 5.10 Å². The van der Waals surface area contributed by atoms with E-state index >= 15 is 0 Å². The number of methoxy groups -OCH3 is 1. The third-order valence-corrected chi connectivity index (χ3v) is 5.01. The number of nitrogens with one attached hydrogen (secondary N) is 1. The molecule has 1 atom stereocenters. The molecule has 1 aliphatic heterocycles. The fraction of sp³-hybridized carbons (Fsp3) is 0.409. The first-order chi connectivity index (χ1) is 14.5. The number of rotatable bonds is 9. The maximum atomic E-state index is 13.1. The van der Waals surface area contributed by atoms with Crippen LogP contribution in [-0.2, 0) is 9.59 Å². The molecule has 3 rings (SSSR count). The molecule has 1 aromatic carbocycles. The minimum Gasteiger partial charge on any atom is -0.497 e. The summed E-state index contributed by atoms with van der Waals surface area (Å²) in [6, 6.07) is 10.9. The molecule has 0 saturated carbocycles. The molecule has 1 aromatic heterocycles. The average molecular weight is 412 g/mol. The smallest absolute Gasteiger partial charge is 0.257 e. The molecule has 1 aliphatic rings. The van der Waals surface area contributed by atoms with Crippen molar-refractivity contribution in [1.29, 1.82) is 0 Å². The summed E-state index contributed by atoms with van der Waals surface area (Å²) in [5, 5.41) is 8.88. The molecule has 0 unspecified atom stereocenters. The second-order valence-corrected chi connectivity index (χ2v) is 7.01. The fourth-order valence-electron chi connectivity index (χ4n) is 3.40. The van der Waals surface area contributed by atoms with Gasteiger partial charge in [0.15, 0.2) is 0 Å². The second-order valence-electron chi connectivity index (χ2n) is 7.01. The van der Waals surface area contributed by atoms with Crippen molar-refractivity contribution in [3.63, 3.8) is 0 Å². The Bertz CT molecular complexity index is 877. The molecule has 30 heavy (non-hydrogen) atoms. The molecule has 8 nitrogen and oxygen atoms in total. The highest BCUT2D eigenvalue weighted by molar-refractivity contribution is 6.03. The number of amides is 2. The number of hydrazone groups is 1. The number of benzene rings is 1. The lowest BCUT2D eigenvalue weighted by atomic mass is 10.0. The molecule has 2 amide bonds. The van der Waals surface area contributed by atoms with Crippen molar-refractivity contribution in [2.45, 2.75) is 26.3 Å². The monoisotopic (exact) mass is 412 g/mol. The summed E-state index contributed by atoms with van der Waals surface area (Å²) in [5.74, 6) is 1.17. The maximum Gasteiger partial charge on any atom is 0.257 e. The second kappa shape index (κ2) is 10.1. The Hall–Kier alpha value is -3.13. The normalized spacial score (nSPS) is 15.9. The van der Waals surface area contributed by atoms with E-state index in [-0.39, 0.29) is 30.9 Å². The van der Waals surface area contributed by atoms with Crippen LogP contribution in [0.15, 0.2) is 52.2 Å². The van der Waals surface area contributed by atoms with Crippen LogP contribution < -0.4 is 10.1 Å². The van der Waals surface area contributed by atoms with Gasteiger partial charge in [-0.3, -0.25) is 14.5 Å². The highest BCUT2D eigenvalue weighted by Gasteiger charge is 2.35. The van der Waals surface area contributed by atoms with Crippen LogP contribution in [0.3, 0.4) is 0 Å². The zero-order chi connectivity index (χ0) is 21.5. The van der Waals surface area contributed by atoms with Gasteiger partial charge in [-0.25, -0.2) is 5.01 Å². The first-order valence-electron chi connectivity index (χ1n) is 10.1. The van der Waals surface area contributed by atoms with E-state index in [1.54, 1.807) is 24.3 Å². The summed E-state index contributed by atoms with van der Waals surface area (Å²) in [7, 11) is 1.62.